The second-order valence-electron chi connectivity index (χ2n) is 6.70. The summed E-state index contributed by atoms with van der Waals surface area (Å²) >= 11 is 0. The standard InChI is InChI=1S/C19H23N3O2/c23-19(16-7-3-5-13-4-1-2-6-15(13)16)20-18-12-17(21-22-18)14-8-10-24-11-9-14/h3,5,7,12,14H,1-2,4,6,8-11H2,(H2,20,21,22,23). The fourth-order valence-corrected chi connectivity index (χ4v) is 3.80. The Morgan fingerprint density at radius 3 is 2.92 bits per heavy atom. The molecule has 1 aliphatic heterocycles. The molecule has 0 saturated carbocycles. The summed E-state index contributed by atoms with van der Waals surface area (Å²) in [5.41, 5.74) is 4.41. The number of amides is 1. The van der Waals surface area contributed by atoms with Gasteiger partial charge in [0.25, 0.3) is 5.91 Å². The molecule has 0 bridgehead atoms. The summed E-state index contributed by atoms with van der Waals surface area (Å²) < 4.78 is 5.40. The molecule has 2 heterocycles. The van der Waals surface area contributed by atoms with Crippen molar-refractivity contribution in [2.45, 2.75) is 44.4 Å². The van der Waals surface area contributed by atoms with Crippen LogP contribution in [0.3, 0.4) is 0 Å². The van der Waals surface area contributed by atoms with E-state index in [-0.39, 0.29) is 5.91 Å². The van der Waals surface area contributed by atoms with Crippen LogP contribution in [0.2, 0.25) is 0 Å². The lowest BCUT2D eigenvalue weighted by atomic mass is 9.88. The number of carbonyl (C=O) groups is 1. The molecule has 2 aliphatic rings. The van der Waals surface area contributed by atoms with Gasteiger partial charge in [-0.1, -0.05) is 12.1 Å². The highest BCUT2D eigenvalue weighted by molar-refractivity contribution is 6.05. The van der Waals surface area contributed by atoms with Gasteiger partial charge in [-0.3, -0.25) is 9.89 Å². The molecule has 4 rings (SSSR count). The smallest absolute Gasteiger partial charge is 0.257 e. The molecule has 2 aromatic rings. The molecule has 1 amide bonds. The topological polar surface area (TPSA) is 67.0 Å². The van der Waals surface area contributed by atoms with Crippen molar-refractivity contribution in [3.05, 3.63) is 46.6 Å². The van der Waals surface area contributed by atoms with Crippen LogP contribution in [0.25, 0.3) is 0 Å². The van der Waals surface area contributed by atoms with Crippen LogP contribution in [0.1, 0.15) is 58.8 Å². The Morgan fingerprint density at radius 2 is 2.04 bits per heavy atom. The molecule has 126 valence electrons. The Kier molecular flexibility index (Phi) is 4.34. The van der Waals surface area contributed by atoms with E-state index in [0.29, 0.717) is 11.7 Å². The Hall–Kier alpha value is -2.14. The van der Waals surface area contributed by atoms with Gasteiger partial charge in [-0.25, -0.2) is 0 Å². The van der Waals surface area contributed by atoms with Gasteiger partial charge in [-0.15, -0.1) is 0 Å². The van der Waals surface area contributed by atoms with Crippen molar-refractivity contribution in [1.82, 2.24) is 10.2 Å². The van der Waals surface area contributed by atoms with Crippen LogP contribution < -0.4 is 5.32 Å². The third-order valence-electron chi connectivity index (χ3n) is 5.14. The number of benzene rings is 1. The summed E-state index contributed by atoms with van der Waals surface area (Å²) in [6.07, 6.45) is 6.45. The first-order valence-corrected chi connectivity index (χ1v) is 8.86. The van der Waals surface area contributed by atoms with Crippen LogP contribution in [0.15, 0.2) is 24.3 Å². The van der Waals surface area contributed by atoms with Crippen LogP contribution in [0.5, 0.6) is 0 Å². The van der Waals surface area contributed by atoms with Gasteiger partial charge in [-0.2, -0.15) is 5.10 Å². The maximum atomic E-state index is 12.7. The second kappa shape index (κ2) is 6.77. The molecule has 5 heteroatoms. The number of aromatic amines is 1. The molecule has 1 aromatic carbocycles. The number of ether oxygens (including phenoxy) is 1. The van der Waals surface area contributed by atoms with Gasteiger partial charge in [0.05, 0.1) is 0 Å². The number of aromatic nitrogens is 2. The van der Waals surface area contributed by atoms with Gasteiger partial charge in [0, 0.05) is 36.5 Å². The second-order valence-corrected chi connectivity index (χ2v) is 6.70. The summed E-state index contributed by atoms with van der Waals surface area (Å²) in [5.74, 6) is 0.995. The van der Waals surface area contributed by atoms with Crippen molar-refractivity contribution in [3.63, 3.8) is 0 Å². The van der Waals surface area contributed by atoms with E-state index in [9.17, 15) is 4.79 Å². The van der Waals surface area contributed by atoms with Gasteiger partial charge >= 0.3 is 0 Å². The van der Waals surface area contributed by atoms with Gasteiger partial charge < -0.3 is 10.1 Å². The normalized spacial score (nSPS) is 18.2. The fourth-order valence-electron chi connectivity index (χ4n) is 3.80. The molecule has 2 N–H and O–H groups in total. The fraction of sp³-hybridized carbons (Fsp3) is 0.474. The summed E-state index contributed by atoms with van der Waals surface area (Å²) in [6.45, 7) is 1.59. The van der Waals surface area contributed by atoms with Crippen molar-refractivity contribution < 1.29 is 9.53 Å². The molecule has 0 unspecified atom stereocenters. The Morgan fingerprint density at radius 1 is 1.21 bits per heavy atom. The molecule has 0 atom stereocenters. The van der Waals surface area contributed by atoms with Crippen LogP contribution >= 0.6 is 0 Å². The molecule has 0 radical (unpaired) electrons. The molecular weight excluding hydrogens is 302 g/mol. The minimum Gasteiger partial charge on any atom is -0.381 e. The highest BCUT2D eigenvalue weighted by Gasteiger charge is 2.20. The minimum atomic E-state index is -0.0567. The minimum absolute atomic E-state index is 0.0567. The summed E-state index contributed by atoms with van der Waals surface area (Å²) in [7, 11) is 0. The van der Waals surface area contributed by atoms with Crippen molar-refractivity contribution in [3.8, 4) is 0 Å². The Labute approximate surface area is 141 Å². The van der Waals surface area contributed by atoms with E-state index in [0.717, 1.165) is 56.6 Å². The molecule has 1 saturated heterocycles. The van der Waals surface area contributed by atoms with Gasteiger partial charge in [0.2, 0.25) is 0 Å². The molecular formula is C19H23N3O2. The zero-order chi connectivity index (χ0) is 16.4. The summed E-state index contributed by atoms with van der Waals surface area (Å²) in [6, 6.07) is 8.01. The number of aryl methyl sites for hydroxylation is 1. The van der Waals surface area contributed by atoms with E-state index in [4.69, 9.17) is 4.74 Å². The molecule has 1 aromatic heterocycles. The maximum absolute atomic E-state index is 12.7. The summed E-state index contributed by atoms with van der Waals surface area (Å²) in [5, 5.41) is 10.3. The predicted octanol–water partition coefficient (Wildman–Crippen LogP) is 3.43. The number of hydrogen-bond donors (Lipinski definition) is 2. The lowest BCUT2D eigenvalue weighted by Crippen LogP contribution is -2.17. The lowest BCUT2D eigenvalue weighted by Gasteiger charge is -2.20. The number of H-pyrrole nitrogens is 1. The number of rotatable bonds is 3. The first-order chi connectivity index (χ1) is 11.8. The van der Waals surface area contributed by atoms with Crippen LogP contribution in [-0.4, -0.2) is 29.3 Å². The Balaban J connectivity index is 1.49. The molecule has 5 nitrogen and oxygen atoms in total. The SMILES string of the molecule is O=C(Nc1cc(C2CCOCC2)[nH]n1)c1cccc2c1CCCC2. The predicted molar refractivity (Wildman–Crippen MR) is 92.4 cm³/mol. The van der Waals surface area contributed by atoms with Crippen molar-refractivity contribution in [1.29, 1.82) is 0 Å². The van der Waals surface area contributed by atoms with Gasteiger partial charge in [0.1, 0.15) is 0 Å². The van der Waals surface area contributed by atoms with E-state index in [1.165, 1.54) is 17.5 Å². The zero-order valence-corrected chi connectivity index (χ0v) is 13.8. The van der Waals surface area contributed by atoms with Crippen LogP contribution in [0, 0.1) is 0 Å². The number of nitrogens with zero attached hydrogens (tertiary/aromatic N) is 1. The highest BCUT2D eigenvalue weighted by Crippen LogP contribution is 2.28. The number of anilines is 1. The quantitative estimate of drug-likeness (QED) is 0.908. The van der Waals surface area contributed by atoms with Gasteiger partial charge in [-0.05, 0) is 55.7 Å². The number of hydrogen-bond acceptors (Lipinski definition) is 3. The van der Waals surface area contributed by atoms with E-state index in [2.05, 4.69) is 21.6 Å². The van der Waals surface area contributed by atoms with Crippen LogP contribution in [-0.2, 0) is 17.6 Å². The van der Waals surface area contributed by atoms with Crippen molar-refractivity contribution in [2.75, 3.05) is 18.5 Å². The molecule has 24 heavy (non-hydrogen) atoms. The van der Waals surface area contributed by atoms with Crippen LogP contribution in [0.4, 0.5) is 5.82 Å². The van der Waals surface area contributed by atoms with Crippen molar-refractivity contribution in [2.24, 2.45) is 0 Å². The average molecular weight is 325 g/mol. The van der Waals surface area contributed by atoms with E-state index in [1.54, 1.807) is 0 Å². The zero-order valence-electron chi connectivity index (χ0n) is 13.8. The number of fused-ring (bicyclic) bond motifs is 1. The monoisotopic (exact) mass is 325 g/mol. The lowest BCUT2D eigenvalue weighted by molar-refractivity contribution is 0.0845. The first kappa shape index (κ1) is 15.4. The largest absolute Gasteiger partial charge is 0.381 e. The van der Waals surface area contributed by atoms with E-state index < -0.39 is 0 Å². The summed E-state index contributed by atoms with van der Waals surface area (Å²) in [4.78, 5) is 12.7. The van der Waals surface area contributed by atoms with E-state index >= 15 is 0 Å². The highest BCUT2D eigenvalue weighted by atomic mass is 16.5. The Bertz CT molecular complexity index is 732. The average Bonchev–Trinajstić information content (AvgIpc) is 3.10. The third kappa shape index (κ3) is 3.08. The molecule has 0 spiro atoms. The van der Waals surface area contributed by atoms with E-state index in [1.807, 2.05) is 18.2 Å². The number of carbonyl (C=O) groups excluding carboxylic acids is 1. The third-order valence-corrected chi connectivity index (χ3v) is 5.14. The first-order valence-electron chi connectivity index (χ1n) is 8.86. The molecule has 1 aliphatic carbocycles. The maximum Gasteiger partial charge on any atom is 0.257 e. The molecule has 1 fully saturated rings. The van der Waals surface area contributed by atoms with Gasteiger partial charge in [0.15, 0.2) is 5.82 Å². The van der Waals surface area contributed by atoms with Crippen molar-refractivity contribution >= 4 is 11.7 Å². The number of nitrogens with one attached hydrogen (secondary N) is 2.